The molecule has 7 nitrogen and oxygen atoms in total. The van der Waals surface area contributed by atoms with Crippen molar-refractivity contribution in [2.45, 2.75) is 44.0 Å². The number of imide groups is 1. The highest BCUT2D eigenvalue weighted by Gasteiger charge is 2.72. The van der Waals surface area contributed by atoms with E-state index >= 15 is 0 Å². The average molecular weight is 454 g/mol. The van der Waals surface area contributed by atoms with Crippen LogP contribution in [0.4, 0.5) is 5.69 Å². The first-order valence-corrected chi connectivity index (χ1v) is 11.0. The average Bonchev–Trinajstić information content (AvgIpc) is 3.32. The molecule has 3 aliphatic rings. The molecule has 5 rings (SSSR count). The molecule has 8 heteroatoms. The molecule has 5 atom stereocenters. The SMILES string of the molecule is CC(C)(C)N1C(=O)[C@@H]2[C@H]([C@H](O)c3ccc(Cl)cc3)N[C@@]3(C(=O)Nc4ccccc43)[C@@H]2C1=O. The van der Waals surface area contributed by atoms with Gasteiger partial charge in [-0.1, -0.05) is 41.9 Å². The predicted molar refractivity (Wildman–Crippen MR) is 119 cm³/mol. The van der Waals surface area contributed by atoms with Crippen LogP contribution < -0.4 is 10.6 Å². The van der Waals surface area contributed by atoms with E-state index in [-0.39, 0.29) is 5.91 Å². The summed E-state index contributed by atoms with van der Waals surface area (Å²) in [6.07, 6.45) is -1.13. The number of likely N-dealkylation sites (tertiary alicyclic amines) is 1. The molecule has 0 aliphatic carbocycles. The molecule has 32 heavy (non-hydrogen) atoms. The molecule has 2 aromatic carbocycles. The maximum atomic E-state index is 13.7. The molecule has 1 spiro atoms. The van der Waals surface area contributed by atoms with E-state index < -0.39 is 46.9 Å². The maximum absolute atomic E-state index is 13.7. The Hall–Kier alpha value is -2.74. The minimum Gasteiger partial charge on any atom is -0.387 e. The zero-order valence-corrected chi connectivity index (χ0v) is 18.7. The molecule has 3 aliphatic heterocycles. The third-order valence-corrected chi connectivity index (χ3v) is 7.03. The van der Waals surface area contributed by atoms with Crippen molar-refractivity contribution in [3.8, 4) is 0 Å². The van der Waals surface area contributed by atoms with Gasteiger partial charge in [-0.15, -0.1) is 0 Å². The number of hydrogen-bond donors (Lipinski definition) is 3. The summed E-state index contributed by atoms with van der Waals surface area (Å²) in [5.74, 6) is -3.05. The molecule has 0 saturated carbocycles. The van der Waals surface area contributed by atoms with E-state index in [1.165, 1.54) is 4.90 Å². The molecule has 2 aromatic rings. The van der Waals surface area contributed by atoms with E-state index in [4.69, 9.17) is 11.6 Å². The highest BCUT2D eigenvalue weighted by atomic mass is 35.5. The number of nitrogens with one attached hydrogen (secondary N) is 2. The second-order valence-corrected chi connectivity index (χ2v) is 10.1. The first-order chi connectivity index (χ1) is 15.1. The van der Waals surface area contributed by atoms with E-state index in [1.807, 2.05) is 0 Å². The van der Waals surface area contributed by atoms with Crippen LogP contribution in [0.2, 0.25) is 5.02 Å². The highest BCUT2D eigenvalue weighted by molar-refractivity contribution is 6.30. The summed E-state index contributed by atoms with van der Waals surface area (Å²) in [5, 5.41) is 17.9. The lowest BCUT2D eigenvalue weighted by Crippen LogP contribution is -2.56. The number of benzene rings is 2. The number of rotatable bonds is 2. The van der Waals surface area contributed by atoms with Gasteiger partial charge >= 0.3 is 0 Å². The maximum Gasteiger partial charge on any atom is 0.250 e. The zero-order valence-electron chi connectivity index (χ0n) is 17.9. The Bertz CT molecular complexity index is 1140. The fraction of sp³-hybridized carbons (Fsp3) is 0.375. The summed E-state index contributed by atoms with van der Waals surface area (Å²) >= 11 is 5.99. The van der Waals surface area contributed by atoms with Crippen molar-refractivity contribution < 1.29 is 19.5 Å². The minimum atomic E-state index is -1.44. The smallest absolute Gasteiger partial charge is 0.250 e. The summed E-state index contributed by atoms with van der Waals surface area (Å²) in [4.78, 5) is 42.0. The lowest BCUT2D eigenvalue weighted by atomic mass is 9.76. The summed E-state index contributed by atoms with van der Waals surface area (Å²) in [5.41, 5.74) is -0.442. The van der Waals surface area contributed by atoms with Crippen molar-refractivity contribution in [3.63, 3.8) is 0 Å². The van der Waals surface area contributed by atoms with E-state index in [0.717, 1.165) is 0 Å². The van der Waals surface area contributed by atoms with Crippen LogP contribution in [0, 0.1) is 11.8 Å². The Morgan fingerprint density at radius 1 is 1.03 bits per heavy atom. The topological polar surface area (TPSA) is 98.7 Å². The number of nitrogens with zero attached hydrogens (tertiary/aromatic N) is 1. The van der Waals surface area contributed by atoms with Crippen molar-refractivity contribution in [2.24, 2.45) is 11.8 Å². The lowest BCUT2D eigenvalue weighted by molar-refractivity contribution is -0.148. The number of carbonyl (C=O) groups excluding carboxylic acids is 3. The molecule has 0 unspecified atom stereocenters. The third-order valence-electron chi connectivity index (χ3n) is 6.78. The van der Waals surface area contributed by atoms with Gasteiger partial charge in [0.1, 0.15) is 5.54 Å². The largest absolute Gasteiger partial charge is 0.387 e. The Morgan fingerprint density at radius 2 is 1.69 bits per heavy atom. The number of hydrogen-bond acceptors (Lipinski definition) is 5. The van der Waals surface area contributed by atoms with Gasteiger partial charge in [-0.2, -0.15) is 0 Å². The van der Waals surface area contributed by atoms with Gasteiger partial charge in [0, 0.05) is 21.8 Å². The molecular formula is C24H24ClN3O4. The second-order valence-electron chi connectivity index (χ2n) is 9.66. The van der Waals surface area contributed by atoms with Crippen molar-refractivity contribution in [1.29, 1.82) is 0 Å². The van der Waals surface area contributed by atoms with Crippen LogP contribution in [0.15, 0.2) is 48.5 Å². The van der Waals surface area contributed by atoms with Gasteiger partial charge in [-0.05, 0) is 44.5 Å². The summed E-state index contributed by atoms with van der Waals surface area (Å²) < 4.78 is 0. The minimum absolute atomic E-state index is 0.382. The Kier molecular flexibility index (Phi) is 4.54. The van der Waals surface area contributed by atoms with Gasteiger partial charge < -0.3 is 10.4 Å². The summed E-state index contributed by atoms with van der Waals surface area (Å²) in [7, 11) is 0. The number of halogens is 1. The number of para-hydroxylation sites is 1. The van der Waals surface area contributed by atoms with Gasteiger partial charge in [0.15, 0.2) is 0 Å². The molecule has 0 bridgehead atoms. The predicted octanol–water partition coefficient (Wildman–Crippen LogP) is 2.59. The lowest BCUT2D eigenvalue weighted by Gasteiger charge is -2.35. The summed E-state index contributed by atoms with van der Waals surface area (Å²) in [6.45, 7) is 5.37. The van der Waals surface area contributed by atoms with Crippen LogP contribution >= 0.6 is 11.6 Å². The molecule has 0 aromatic heterocycles. The fourth-order valence-corrected chi connectivity index (χ4v) is 5.61. The van der Waals surface area contributed by atoms with Crippen LogP contribution in [0.3, 0.4) is 0 Å². The van der Waals surface area contributed by atoms with Crippen LogP contribution in [0.25, 0.3) is 0 Å². The van der Waals surface area contributed by atoms with Gasteiger partial charge in [-0.3, -0.25) is 24.6 Å². The number of fused-ring (bicyclic) bond motifs is 4. The van der Waals surface area contributed by atoms with Crippen LogP contribution in [0.5, 0.6) is 0 Å². The number of amides is 3. The van der Waals surface area contributed by atoms with E-state index in [2.05, 4.69) is 10.6 Å². The third kappa shape index (κ3) is 2.71. The molecule has 0 radical (unpaired) electrons. The van der Waals surface area contributed by atoms with E-state index in [9.17, 15) is 19.5 Å². The molecule has 166 valence electrons. The quantitative estimate of drug-likeness (QED) is 0.607. The molecular weight excluding hydrogens is 430 g/mol. The van der Waals surface area contributed by atoms with Crippen molar-refractivity contribution >= 4 is 35.0 Å². The van der Waals surface area contributed by atoms with Gasteiger partial charge in [0.05, 0.1) is 24.0 Å². The first-order valence-electron chi connectivity index (χ1n) is 10.6. The molecule has 3 amide bonds. The fourth-order valence-electron chi connectivity index (χ4n) is 5.49. The monoisotopic (exact) mass is 453 g/mol. The normalized spacial score (nSPS) is 30.0. The highest BCUT2D eigenvalue weighted by Crippen LogP contribution is 2.55. The van der Waals surface area contributed by atoms with Gasteiger partial charge in [0.25, 0.3) is 0 Å². The first kappa shape index (κ1) is 21.1. The van der Waals surface area contributed by atoms with Crippen LogP contribution in [-0.2, 0) is 19.9 Å². The Balaban J connectivity index is 1.68. The number of aliphatic hydroxyl groups is 1. The molecule has 3 heterocycles. The number of anilines is 1. The molecule has 2 fully saturated rings. The standard InChI is InChI=1S/C24H24ClN3O4/c1-23(2,3)28-20(30)16-17(21(28)31)24(14-6-4-5-7-15(14)26-22(24)32)27-18(16)19(29)12-8-10-13(25)11-9-12/h4-11,16-19,27,29H,1-3H3,(H,26,32)/t16-,17-,18+,19+,24+/m0/s1. The van der Waals surface area contributed by atoms with Crippen LogP contribution in [-0.4, -0.2) is 39.3 Å². The second kappa shape index (κ2) is 6.88. The molecule has 3 N–H and O–H groups in total. The van der Waals surface area contributed by atoms with Crippen LogP contribution in [0.1, 0.15) is 38.0 Å². The zero-order chi connectivity index (χ0) is 23.0. The van der Waals surface area contributed by atoms with Gasteiger partial charge in [0.2, 0.25) is 17.7 Å². The van der Waals surface area contributed by atoms with Crippen molar-refractivity contribution in [2.75, 3.05) is 5.32 Å². The molecule has 2 saturated heterocycles. The van der Waals surface area contributed by atoms with E-state index in [1.54, 1.807) is 69.3 Å². The van der Waals surface area contributed by atoms with E-state index in [0.29, 0.717) is 21.8 Å². The Labute approximate surface area is 190 Å². The summed E-state index contributed by atoms with van der Waals surface area (Å²) in [6, 6.07) is 13.0. The van der Waals surface area contributed by atoms with Gasteiger partial charge in [-0.25, -0.2) is 0 Å². The number of carbonyl (C=O) groups is 3. The van der Waals surface area contributed by atoms with Crippen molar-refractivity contribution in [3.05, 3.63) is 64.7 Å². The van der Waals surface area contributed by atoms with Crippen molar-refractivity contribution in [1.82, 2.24) is 10.2 Å². The number of aliphatic hydroxyl groups excluding tert-OH is 1. The Morgan fingerprint density at radius 3 is 2.34 bits per heavy atom.